The lowest BCUT2D eigenvalue weighted by Gasteiger charge is -2.05. The van der Waals surface area contributed by atoms with Gasteiger partial charge >= 0.3 is 0 Å². The SMILES string of the molecule is Cc1nn(C)c2cc([C@@H](C)N)ccc12. The topological polar surface area (TPSA) is 43.8 Å². The van der Waals surface area contributed by atoms with Crippen LogP contribution in [-0.4, -0.2) is 9.78 Å². The van der Waals surface area contributed by atoms with Gasteiger partial charge in [0.05, 0.1) is 11.2 Å². The van der Waals surface area contributed by atoms with Crippen molar-refractivity contribution >= 4 is 10.9 Å². The van der Waals surface area contributed by atoms with E-state index < -0.39 is 0 Å². The number of rotatable bonds is 1. The van der Waals surface area contributed by atoms with Gasteiger partial charge in [-0.3, -0.25) is 4.68 Å². The van der Waals surface area contributed by atoms with Gasteiger partial charge in [0.25, 0.3) is 0 Å². The fourth-order valence-corrected chi connectivity index (χ4v) is 1.74. The molecular weight excluding hydrogens is 174 g/mol. The van der Waals surface area contributed by atoms with Gasteiger partial charge in [-0.2, -0.15) is 5.10 Å². The highest BCUT2D eigenvalue weighted by molar-refractivity contribution is 5.82. The van der Waals surface area contributed by atoms with Crippen molar-refractivity contribution in [2.75, 3.05) is 0 Å². The maximum absolute atomic E-state index is 5.83. The summed E-state index contributed by atoms with van der Waals surface area (Å²) in [6, 6.07) is 6.35. The van der Waals surface area contributed by atoms with E-state index in [0.717, 1.165) is 16.8 Å². The van der Waals surface area contributed by atoms with Gasteiger partial charge in [0, 0.05) is 18.5 Å². The van der Waals surface area contributed by atoms with Gasteiger partial charge in [0.2, 0.25) is 0 Å². The minimum Gasteiger partial charge on any atom is -0.324 e. The molecule has 0 spiro atoms. The van der Waals surface area contributed by atoms with Crippen molar-refractivity contribution < 1.29 is 0 Å². The Bertz CT molecular complexity index is 469. The maximum atomic E-state index is 5.83. The largest absolute Gasteiger partial charge is 0.324 e. The van der Waals surface area contributed by atoms with E-state index >= 15 is 0 Å². The molecule has 2 aromatic rings. The van der Waals surface area contributed by atoms with Crippen LogP contribution in [0.15, 0.2) is 18.2 Å². The lowest BCUT2D eigenvalue weighted by molar-refractivity contribution is 0.779. The first-order chi connectivity index (χ1) is 6.59. The average molecular weight is 189 g/mol. The third-order valence-corrected chi connectivity index (χ3v) is 2.59. The summed E-state index contributed by atoms with van der Waals surface area (Å²) in [7, 11) is 1.96. The zero-order chi connectivity index (χ0) is 10.3. The highest BCUT2D eigenvalue weighted by Crippen LogP contribution is 2.21. The van der Waals surface area contributed by atoms with Crippen LogP contribution in [0.1, 0.15) is 24.2 Å². The molecule has 0 saturated heterocycles. The number of fused-ring (bicyclic) bond motifs is 1. The predicted molar refractivity (Wildman–Crippen MR) is 58.1 cm³/mol. The monoisotopic (exact) mass is 189 g/mol. The normalized spacial score (nSPS) is 13.4. The van der Waals surface area contributed by atoms with E-state index in [1.165, 1.54) is 5.39 Å². The Kier molecular flexibility index (Phi) is 2.04. The van der Waals surface area contributed by atoms with E-state index in [9.17, 15) is 0 Å². The average Bonchev–Trinajstić information content (AvgIpc) is 2.42. The highest BCUT2D eigenvalue weighted by atomic mass is 15.3. The zero-order valence-corrected chi connectivity index (χ0v) is 8.78. The Morgan fingerprint density at radius 2 is 2.14 bits per heavy atom. The molecule has 0 saturated carbocycles. The maximum Gasteiger partial charge on any atom is 0.0685 e. The molecule has 0 radical (unpaired) electrons. The van der Waals surface area contributed by atoms with E-state index in [1.54, 1.807) is 0 Å². The molecule has 0 amide bonds. The lowest BCUT2D eigenvalue weighted by Crippen LogP contribution is -2.04. The molecule has 74 valence electrons. The fraction of sp³-hybridized carbons (Fsp3) is 0.364. The van der Waals surface area contributed by atoms with Crippen molar-refractivity contribution in [1.82, 2.24) is 9.78 Å². The van der Waals surface area contributed by atoms with E-state index in [4.69, 9.17) is 5.73 Å². The molecule has 3 nitrogen and oxygen atoms in total. The second-order valence-electron chi connectivity index (χ2n) is 3.77. The van der Waals surface area contributed by atoms with Crippen LogP contribution in [-0.2, 0) is 7.05 Å². The molecule has 0 unspecified atom stereocenters. The third kappa shape index (κ3) is 1.30. The van der Waals surface area contributed by atoms with Crippen LogP contribution in [0.5, 0.6) is 0 Å². The van der Waals surface area contributed by atoms with Gasteiger partial charge in [-0.1, -0.05) is 12.1 Å². The fourth-order valence-electron chi connectivity index (χ4n) is 1.74. The standard InChI is InChI=1S/C11H15N3/c1-7(12)9-4-5-10-8(2)13-14(3)11(10)6-9/h4-7H,12H2,1-3H3/t7-/m1/s1. The van der Waals surface area contributed by atoms with Gasteiger partial charge in [-0.15, -0.1) is 0 Å². The number of hydrogen-bond donors (Lipinski definition) is 1. The molecule has 1 atom stereocenters. The van der Waals surface area contributed by atoms with E-state index in [-0.39, 0.29) is 6.04 Å². The molecule has 1 aromatic carbocycles. The summed E-state index contributed by atoms with van der Waals surface area (Å²) in [5.41, 5.74) is 9.20. The molecule has 1 aromatic heterocycles. The first-order valence-corrected chi connectivity index (χ1v) is 4.78. The van der Waals surface area contributed by atoms with Crippen LogP contribution in [0.4, 0.5) is 0 Å². The summed E-state index contributed by atoms with van der Waals surface area (Å²) in [5.74, 6) is 0. The van der Waals surface area contributed by atoms with Crippen LogP contribution in [0.2, 0.25) is 0 Å². The van der Waals surface area contributed by atoms with Gasteiger partial charge in [-0.05, 0) is 25.5 Å². The number of aromatic nitrogens is 2. The lowest BCUT2D eigenvalue weighted by atomic mass is 10.1. The summed E-state index contributed by atoms with van der Waals surface area (Å²) in [5, 5.41) is 5.57. The Morgan fingerprint density at radius 3 is 2.79 bits per heavy atom. The Hall–Kier alpha value is -1.35. The highest BCUT2D eigenvalue weighted by Gasteiger charge is 2.06. The molecular formula is C11H15N3. The van der Waals surface area contributed by atoms with E-state index in [0.29, 0.717) is 0 Å². The van der Waals surface area contributed by atoms with Crippen LogP contribution < -0.4 is 5.73 Å². The molecule has 0 aliphatic carbocycles. The van der Waals surface area contributed by atoms with Crippen LogP contribution in [0.3, 0.4) is 0 Å². The third-order valence-electron chi connectivity index (χ3n) is 2.59. The Balaban J connectivity index is 2.71. The van der Waals surface area contributed by atoms with Crippen LogP contribution in [0.25, 0.3) is 10.9 Å². The molecule has 2 rings (SSSR count). The van der Waals surface area contributed by atoms with Crippen LogP contribution in [0, 0.1) is 6.92 Å². The molecule has 0 aliphatic rings. The molecule has 0 fully saturated rings. The molecule has 0 bridgehead atoms. The first-order valence-electron chi connectivity index (χ1n) is 4.78. The smallest absolute Gasteiger partial charge is 0.0685 e. The Labute approximate surface area is 83.5 Å². The van der Waals surface area contributed by atoms with Crippen molar-refractivity contribution in [1.29, 1.82) is 0 Å². The second-order valence-corrected chi connectivity index (χ2v) is 3.77. The summed E-state index contributed by atoms with van der Waals surface area (Å²) in [6.45, 7) is 4.01. The molecule has 2 N–H and O–H groups in total. The van der Waals surface area contributed by atoms with Crippen molar-refractivity contribution in [3.8, 4) is 0 Å². The van der Waals surface area contributed by atoms with Gasteiger partial charge < -0.3 is 5.73 Å². The van der Waals surface area contributed by atoms with E-state index in [2.05, 4.69) is 23.3 Å². The summed E-state index contributed by atoms with van der Waals surface area (Å²) in [6.07, 6.45) is 0. The number of aryl methyl sites for hydroxylation is 2. The minimum absolute atomic E-state index is 0.0783. The van der Waals surface area contributed by atoms with Crippen molar-refractivity contribution in [3.05, 3.63) is 29.5 Å². The number of nitrogens with zero attached hydrogens (tertiary/aromatic N) is 2. The second kappa shape index (κ2) is 3.10. The molecule has 3 heteroatoms. The van der Waals surface area contributed by atoms with Crippen molar-refractivity contribution in [3.63, 3.8) is 0 Å². The molecule has 14 heavy (non-hydrogen) atoms. The summed E-state index contributed by atoms with van der Waals surface area (Å²) < 4.78 is 1.90. The Morgan fingerprint density at radius 1 is 1.43 bits per heavy atom. The van der Waals surface area contributed by atoms with E-state index in [1.807, 2.05) is 25.6 Å². The quantitative estimate of drug-likeness (QED) is 0.744. The number of benzene rings is 1. The van der Waals surface area contributed by atoms with Gasteiger partial charge in [0.15, 0.2) is 0 Å². The zero-order valence-electron chi connectivity index (χ0n) is 8.78. The molecule has 0 aliphatic heterocycles. The number of nitrogens with two attached hydrogens (primary N) is 1. The van der Waals surface area contributed by atoms with Crippen molar-refractivity contribution in [2.24, 2.45) is 12.8 Å². The first kappa shape index (κ1) is 9.21. The summed E-state index contributed by atoms with van der Waals surface area (Å²) in [4.78, 5) is 0. The van der Waals surface area contributed by atoms with Crippen molar-refractivity contribution in [2.45, 2.75) is 19.9 Å². The minimum atomic E-state index is 0.0783. The predicted octanol–water partition coefficient (Wildman–Crippen LogP) is 1.90. The number of hydrogen-bond acceptors (Lipinski definition) is 2. The van der Waals surface area contributed by atoms with Gasteiger partial charge in [-0.25, -0.2) is 0 Å². The van der Waals surface area contributed by atoms with Gasteiger partial charge in [0.1, 0.15) is 0 Å². The summed E-state index contributed by atoms with van der Waals surface area (Å²) >= 11 is 0. The van der Waals surface area contributed by atoms with Crippen LogP contribution >= 0.6 is 0 Å². The molecule has 1 heterocycles.